The van der Waals surface area contributed by atoms with Crippen molar-refractivity contribution in [3.05, 3.63) is 5.08 Å². The molecular weight excluding hydrogens is 187 g/mol. The van der Waals surface area contributed by atoms with Crippen molar-refractivity contribution in [2.24, 2.45) is 0 Å². The Balaban J connectivity index is 0. The quantitative estimate of drug-likeness (QED) is 0.334. The second kappa shape index (κ2) is 4.06. The summed E-state index contributed by atoms with van der Waals surface area (Å²) in [5.74, 6) is 0. The van der Waals surface area contributed by atoms with Gasteiger partial charge in [-0.25, -0.2) is 0 Å². The molecule has 7 heteroatoms. The van der Waals surface area contributed by atoms with Crippen LogP contribution in [0.25, 0.3) is 0 Å². The van der Waals surface area contributed by atoms with Crippen LogP contribution in [0.3, 0.4) is 0 Å². The zero-order valence-electron chi connectivity index (χ0n) is 6.03. The maximum Gasteiger partial charge on any atom is 1.00 e. The summed E-state index contributed by atoms with van der Waals surface area (Å²) in [6.45, 7) is 0. The van der Waals surface area contributed by atoms with Crippen molar-refractivity contribution in [1.82, 2.24) is 0 Å². The molecule has 0 aromatic heterocycles. The topological polar surface area (TPSA) is 68.3 Å². The molecule has 0 aromatic rings. The Labute approximate surface area is 83.1 Å². The number of hydrogen-bond acceptors (Lipinski definition) is 4. The molecule has 0 amide bonds. The van der Waals surface area contributed by atoms with Gasteiger partial charge in [0, 0.05) is 32.2 Å². The summed E-state index contributed by atoms with van der Waals surface area (Å²) >= 11 is 0. The van der Waals surface area contributed by atoms with Gasteiger partial charge in [-0.05, 0) is 0 Å². The van der Waals surface area contributed by atoms with Gasteiger partial charge >= 0.3 is 29.6 Å². The van der Waals surface area contributed by atoms with E-state index < -0.39 is 19.7 Å². The van der Waals surface area contributed by atoms with E-state index in [9.17, 15) is 16.8 Å². The Hall–Kier alpha value is 0.900. The average molecular weight is 194 g/mol. The monoisotopic (exact) mass is 194 g/mol. The van der Waals surface area contributed by atoms with Crippen LogP contribution in [0, 0.1) is 5.08 Å². The van der Waals surface area contributed by atoms with E-state index >= 15 is 0 Å². The molecule has 0 aliphatic rings. The average Bonchev–Trinajstić information content (AvgIpc) is 1.14. The van der Waals surface area contributed by atoms with Crippen LogP contribution in [0.15, 0.2) is 0 Å². The van der Waals surface area contributed by atoms with Crippen molar-refractivity contribution < 1.29 is 46.4 Å². The molecule has 0 saturated carbocycles. The van der Waals surface area contributed by atoms with E-state index in [-0.39, 0.29) is 29.6 Å². The maximum absolute atomic E-state index is 10.2. The van der Waals surface area contributed by atoms with Crippen LogP contribution in [0.5, 0.6) is 0 Å². The Morgan fingerprint density at radius 3 is 1.10 bits per heavy atom. The zero-order valence-corrected chi connectivity index (χ0v) is 9.66. The van der Waals surface area contributed by atoms with Gasteiger partial charge in [-0.15, -0.1) is 0 Å². The Kier molecular flexibility index (Phi) is 5.47. The number of hydrogen-bond donors (Lipinski definition) is 0. The summed E-state index contributed by atoms with van der Waals surface area (Å²) in [6.07, 6.45) is 1.65. The first-order chi connectivity index (χ1) is 3.71. The fourth-order valence-corrected chi connectivity index (χ4v) is 2.86. The number of sulfone groups is 2. The van der Waals surface area contributed by atoms with Crippen molar-refractivity contribution in [2.75, 3.05) is 12.5 Å². The van der Waals surface area contributed by atoms with Gasteiger partial charge in [-0.2, -0.15) is 0 Å². The van der Waals surface area contributed by atoms with E-state index in [2.05, 4.69) is 0 Å². The van der Waals surface area contributed by atoms with Gasteiger partial charge in [0.25, 0.3) is 0 Å². The van der Waals surface area contributed by atoms with Crippen LogP contribution < -0.4 is 29.6 Å². The summed E-state index contributed by atoms with van der Waals surface area (Å²) < 4.78 is 40.8. The van der Waals surface area contributed by atoms with Gasteiger partial charge in [-0.1, -0.05) is 5.08 Å². The van der Waals surface area contributed by atoms with Gasteiger partial charge in [0.2, 0.25) is 0 Å². The molecule has 0 bridgehead atoms. The number of rotatable bonds is 2. The smallest absolute Gasteiger partial charge is 0.262 e. The van der Waals surface area contributed by atoms with Crippen LogP contribution in [0.1, 0.15) is 0 Å². The van der Waals surface area contributed by atoms with Crippen LogP contribution in [-0.4, -0.2) is 29.3 Å². The van der Waals surface area contributed by atoms with E-state index in [1.165, 1.54) is 0 Å². The van der Waals surface area contributed by atoms with Crippen molar-refractivity contribution in [1.29, 1.82) is 0 Å². The minimum Gasteiger partial charge on any atom is -0.262 e. The normalized spacial score (nSPS) is 12.2. The van der Waals surface area contributed by atoms with Crippen LogP contribution in [0.2, 0.25) is 0 Å². The van der Waals surface area contributed by atoms with Crippen molar-refractivity contribution in [2.45, 2.75) is 0 Å². The SMILES string of the molecule is CS(=O)(=O)[CH-]S(C)(=O)=O.[Na+]. The molecule has 0 unspecified atom stereocenters. The largest absolute Gasteiger partial charge is 1.00 e. The Morgan fingerprint density at radius 2 is 1.10 bits per heavy atom. The van der Waals surface area contributed by atoms with E-state index in [0.29, 0.717) is 5.08 Å². The molecular formula is C3H7NaO4S2. The molecule has 0 atom stereocenters. The molecule has 0 N–H and O–H groups in total. The van der Waals surface area contributed by atoms with E-state index in [4.69, 9.17) is 0 Å². The minimum absolute atomic E-state index is 0. The van der Waals surface area contributed by atoms with Gasteiger partial charge in [0.15, 0.2) is 0 Å². The molecule has 4 nitrogen and oxygen atoms in total. The second-order valence-corrected chi connectivity index (χ2v) is 5.84. The minimum atomic E-state index is -3.49. The fraction of sp³-hybridized carbons (Fsp3) is 0.667. The van der Waals surface area contributed by atoms with Gasteiger partial charge < -0.3 is 0 Å². The summed E-state index contributed by atoms with van der Waals surface area (Å²) in [5.41, 5.74) is 0. The summed E-state index contributed by atoms with van der Waals surface area (Å²) in [5, 5.41) is 0.319. The first kappa shape index (κ1) is 13.5. The van der Waals surface area contributed by atoms with Crippen molar-refractivity contribution in [3.63, 3.8) is 0 Å². The first-order valence-corrected chi connectivity index (χ1v) is 5.86. The molecule has 0 fully saturated rings. The van der Waals surface area contributed by atoms with E-state index in [1.807, 2.05) is 0 Å². The van der Waals surface area contributed by atoms with Gasteiger partial charge in [0.05, 0.1) is 0 Å². The molecule has 0 aliphatic heterocycles. The first-order valence-electron chi connectivity index (χ1n) is 1.95. The van der Waals surface area contributed by atoms with E-state index in [0.717, 1.165) is 12.5 Å². The molecule has 0 heterocycles. The van der Waals surface area contributed by atoms with Crippen LogP contribution in [0.4, 0.5) is 0 Å². The summed E-state index contributed by atoms with van der Waals surface area (Å²) in [4.78, 5) is 0. The maximum atomic E-state index is 10.2. The predicted molar refractivity (Wildman–Crippen MR) is 34.0 cm³/mol. The molecule has 0 aromatic carbocycles. The fourth-order valence-electron chi connectivity index (χ4n) is 0.318. The van der Waals surface area contributed by atoms with Crippen LogP contribution >= 0.6 is 0 Å². The molecule has 0 aliphatic carbocycles. The standard InChI is InChI=1S/C3H7O4S2.Na/c1-8(4,5)3-9(2,6)7;/h3H,1-2H3;/q-1;+1. The summed E-state index contributed by atoms with van der Waals surface area (Å²) in [6, 6.07) is 0. The summed E-state index contributed by atoms with van der Waals surface area (Å²) in [7, 11) is -6.99. The molecule has 56 valence electrons. The van der Waals surface area contributed by atoms with Crippen molar-refractivity contribution >= 4 is 19.7 Å². The molecule has 0 spiro atoms. The second-order valence-electron chi connectivity index (χ2n) is 1.76. The molecule has 0 saturated heterocycles. The predicted octanol–water partition coefficient (Wildman–Crippen LogP) is -3.80. The third-order valence-electron chi connectivity index (χ3n) is 0.350. The van der Waals surface area contributed by atoms with Gasteiger partial charge in [0.1, 0.15) is 0 Å². The molecule has 0 radical (unpaired) electrons. The molecule has 10 heavy (non-hydrogen) atoms. The Morgan fingerprint density at radius 1 is 0.900 bits per heavy atom. The zero-order chi connectivity index (χ0) is 7.71. The van der Waals surface area contributed by atoms with Crippen LogP contribution in [-0.2, 0) is 19.7 Å². The Bertz CT molecular complexity index is 244. The van der Waals surface area contributed by atoms with Gasteiger partial charge in [-0.3, -0.25) is 16.8 Å². The van der Waals surface area contributed by atoms with E-state index in [1.54, 1.807) is 0 Å². The van der Waals surface area contributed by atoms with Crippen molar-refractivity contribution in [3.8, 4) is 0 Å². The molecule has 0 rings (SSSR count). The third-order valence-corrected chi connectivity index (χ3v) is 3.15. The third kappa shape index (κ3) is 11.7.